The van der Waals surface area contributed by atoms with E-state index in [9.17, 15) is 4.79 Å². The number of carbonyl (C=O) groups excluding carboxylic acids is 1. The Hall–Kier alpha value is -0.890. The van der Waals surface area contributed by atoms with Crippen LogP contribution in [0.5, 0.6) is 0 Å². The topological polar surface area (TPSA) is 26.3 Å². The van der Waals surface area contributed by atoms with Crippen LogP contribution in [0.15, 0.2) is 24.3 Å². The molecule has 17 heavy (non-hydrogen) atoms. The Morgan fingerprint density at radius 2 is 2.29 bits per heavy atom. The molecular weight excluding hydrogens is 212 g/mol. The minimum atomic E-state index is -0.320. The van der Waals surface area contributed by atoms with Gasteiger partial charge in [-0.2, -0.15) is 0 Å². The zero-order valence-corrected chi connectivity index (χ0v) is 10.6. The average molecular weight is 232 g/mol. The molecule has 0 radical (unpaired) electrons. The van der Waals surface area contributed by atoms with Crippen LogP contribution >= 0.6 is 0 Å². The normalized spacial score (nSPS) is 44.3. The van der Waals surface area contributed by atoms with E-state index in [2.05, 4.69) is 32.6 Å². The summed E-state index contributed by atoms with van der Waals surface area (Å²) in [6.45, 7) is 9.14. The van der Waals surface area contributed by atoms with Gasteiger partial charge < -0.3 is 4.74 Å². The lowest BCUT2D eigenvalue weighted by Crippen LogP contribution is -2.33. The summed E-state index contributed by atoms with van der Waals surface area (Å²) in [4.78, 5) is 12.4. The van der Waals surface area contributed by atoms with Gasteiger partial charge in [-0.15, -0.1) is 0 Å². The number of Topliss-reactive ketones (excluding diaryl/α,β-unsaturated/α-hetero) is 1. The van der Waals surface area contributed by atoms with Crippen LogP contribution in [0.25, 0.3) is 0 Å². The Labute approximate surface area is 103 Å². The van der Waals surface area contributed by atoms with E-state index in [-0.39, 0.29) is 11.5 Å². The summed E-state index contributed by atoms with van der Waals surface area (Å²) < 4.78 is 5.91. The summed E-state index contributed by atoms with van der Waals surface area (Å²) in [5.41, 5.74) is 0.824. The molecule has 0 aromatic heterocycles. The Morgan fingerprint density at radius 1 is 1.53 bits per heavy atom. The molecular formula is C15H20O2. The van der Waals surface area contributed by atoms with E-state index < -0.39 is 0 Å². The standard InChI is InChI=1S/C15H20O2/c1-9(2)11-7-12(16)15-6-4-5-10(3)14(13(11)15)17-8-15/h4,6,9,11,13-14H,3,5,7-8H2,1-2H3/t11-,13+,14+,15+/m0/s1. The Kier molecular flexibility index (Phi) is 2.34. The highest BCUT2D eigenvalue weighted by molar-refractivity contribution is 5.90. The fourth-order valence-electron chi connectivity index (χ4n) is 3.91. The van der Waals surface area contributed by atoms with E-state index in [1.807, 2.05) is 0 Å². The minimum absolute atomic E-state index is 0.101. The summed E-state index contributed by atoms with van der Waals surface area (Å²) in [6, 6.07) is 0. The molecule has 0 amide bonds. The minimum Gasteiger partial charge on any atom is -0.372 e. The molecule has 0 N–H and O–H groups in total. The van der Waals surface area contributed by atoms with E-state index in [1.165, 1.54) is 0 Å². The van der Waals surface area contributed by atoms with Gasteiger partial charge in [0.05, 0.1) is 18.1 Å². The molecule has 2 fully saturated rings. The zero-order chi connectivity index (χ0) is 12.2. The molecule has 0 aromatic rings. The van der Waals surface area contributed by atoms with E-state index in [0.717, 1.165) is 18.4 Å². The van der Waals surface area contributed by atoms with E-state index in [1.54, 1.807) is 0 Å². The lowest BCUT2D eigenvalue weighted by atomic mass is 9.72. The molecule has 2 nitrogen and oxygen atoms in total. The van der Waals surface area contributed by atoms with Crippen molar-refractivity contribution in [1.82, 2.24) is 0 Å². The number of ether oxygens (including phenoxy) is 1. The number of ketones is 1. The molecule has 0 spiro atoms. The van der Waals surface area contributed by atoms with E-state index in [0.29, 0.717) is 30.1 Å². The van der Waals surface area contributed by atoms with Gasteiger partial charge in [-0.3, -0.25) is 4.79 Å². The van der Waals surface area contributed by atoms with Crippen LogP contribution in [0.1, 0.15) is 26.7 Å². The van der Waals surface area contributed by atoms with Crippen LogP contribution in [-0.2, 0) is 9.53 Å². The van der Waals surface area contributed by atoms with Gasteiger partial charge in [0.2, 0.25) is 0 Å². The van der Waals surface area contributed by atoms with Gasteiger partial charge in [0.15, 0.2) is 0 Å². The molecule has 1 saturated heterocycles. The first-order chi connectivity index (χ1) is 8.06. The average Bonchev–Trinajstić information content (AvgIpc) is 2.70. The largest absolute Gasteiger partial charge is 0.372 e. The highest BCUT2D eigenvalue weighted by Gasteiger charge is 2.61. The maximum atomic E-state index is 12.4. The van der Waals surface area contributed by atoms with Crippen molar-refractivity contribution in [3.05, 3.63) is 24.3 Å². The third kappa shape index (κ3) is 1.33. The number of allylic oxidation sites excluding steroid dienone is 1. The van der Waals surface area contributed by atoms with Crippen molar-refractivity contribution in [3.63, 3.8) is 0 Å². The quantitative estimate of drug-likeness (QED) is 0.650. The fourth-order valence-corrected chi connectivity index (χ4v) is 3.91. The highest BCUT2D eigenvalue weighted by atomic mass is 16.5. The van der Waals surface area contributed by atoms with Crippen LogP contribution in [0.2, 0.25) is 0 Å². The summed E-state index contributed by atoms with van der Waals surface area (Å²) in [5.74, 6) is 1.71. The van der Waals surface area contributed by atoms with Gasteiger partial charge in [-0.1, -0.05) is 32.6 Å². The van der Waals surface area contributed by atoms with Crippen molar-refractivity contribution in [3.8, 4) is 0 Å². The Bertz CT molecular complexity index is 407. The summed E-state index contributed by atoms with van der Waals surface area (Å²) >= 11 is 0. The van der Waals surface area contributed by atoms with Crippen LogP contribution in [0.3, 0.4) is 0 Å². The van der Waals surface area contributed by atoms with Crippen molar-refractivity contribution in [2.24, 2.45) is 23.2 Å². The van der Waals surface area contributed by atoms with Crippen molar-refractivity contribution < 1.29 is 9.53 Å². The molecule has 3 rings (SSSR count). The molecule has 2 aliphatic carbocycles. The van der Waals surface area contributed by atoms with Gasteiger partial charge in [-0.25, -0.2) is 0 Å². The fraction of sp³-hybridized carbons (Fsp3) is 0.667. The molecule has 1 aliphatic heterocycles. The maximum Gasteiger partial charge on any atom is 0.145 e. The number of rotatable bonds is 1. The first-order valence-electron chi connectivity index (χ1n) is 6.56. The Morgan fingerprint density at radius 3 is 3.00 bits per heavy atom. The third-order valence-electron chi connectivity index (χ3n) is 4.88. The molecule has 0 aromatic carbocycles. The predicted octanol–water partition coefficient (Wildman–Crippen LogP) is 2.75. The molecule has 92 valence electrons. The lowest BCUT2D eigenvalue weighted by Gasteiger charge is -2.29. The third-order valence-corrected chi connectivity index (χ3v) is 4.88. The zero-order valence-electron chi connectivity index (χ0n) is 10.6. The van der Waals surface area contributed by atoms with Gasteiger partial charge in [0, 0.05) is 12.3 Å². The number of carbonyl (C=O) groups is 1. The second-order valence-electron chi connectivity index (χ2n) is 6.10. The van der Waals surface area contributed by atoms with Crippen LogP contribution in [0, 0.1) is 23.2 Å². The predicted molar refractivity (Wildman–Crippen MR) is 66.5 cm³/mol. The van der Waals surface area contributed by atoms with Crippen molar-refractivity contribution in [2.75, 3.05) is 6.61 Å². The van der Waals surface area contributed by atoms with Crippen LogP contribution in [-0.4, -0.2) is 18.5 Å². The number of hydrogen-bond donors (Lipinski definition) is 0. The lowest BCUT2D eigenvalue weighted by molar-refractivity contribution is -0.124. The molecule has 3 aliphatic rings. The first kappa shape index (κ1) is 11.2. The molecule has 1 heterocycles. The molecule has 0 unspecified atom stereocenters. The SMILES string of the molecule is C=C1CC=C[C@]23CO[C@H]1[C@H]2[C@H](C(C)C)CC3=O. The summed E-state index contributed by atoms with van der Waals surface area (Å²) in [6.07, 6.45) is 5.93. The first-order valence-corrected chi connectivity index (χ1v) is 6.56. The van der Waals surface area contributed by atoms with Crippen LogP contribution < -0.4 is 0 Å². The molecule has 2 heteroatoms. The summed E-state index contributed by atoms with van der Waals surface area (Å²) in [5, 5.41) is 0. The van der Waals surface area contributed by atoms with Gasteiger partial charge in [0.1, 0.15) is 5.78 Å². The van der Waals surface area contributed by atoms with Gasteiger partial charge >= 0.3 is 0 Å². The second-order valence-corrected chi connectivity index (χ2v) is 6.10. The van der Waals surface area contributed by atoms with E-state index in [4.69, 9.17) is 4.74 Å². The molecule has 4 atom stereocenters. The van der Waals surface area contributed by atoms with Gasteiger partial charge in [-0.05, 0) is 23.8 Å². The molecule has 1 saturated carbocycles. The van der Waals surface area contributed by atoms with Crippen molar-refractivity contribution >= 4 is 5.78 Å². The smallest absolute Gasteiger partial charge is 0.145 e. The maximum absolute atomic E-state index is 12.4. The monoisotopic (exact) mass is 232 g/mol. The van der Waals surface area contributed by atoms with Crippen molar-refractivity contribution in [2.45, 2.75) is 32.8 Å². The molecule has 2 bridgehead atoms. The van der Waals surface area contributed by atoms with Crippen LogP contribution in [0.4, 0.5) is 0 Å². The highest BCUT2D eigenvalue weighted by Crippen LogP contribution is 2.57. The van der Waals surface area contributed by atoms with E-state index >= 15 is 0 Å². The van der Waals surface area contributed by atoms with Crippen molar-refractivity contribution in [1.29, 1.82) is 0 Å². The Balaban J connectivity index is 2.09. The summed E-state index contributed by atoms with van der Waals surface area (Å²) in [7, 11) is 0. The van der Waals surface area contributed by atoms with Gasteiger partial charge in [0.25, 0.3) is 0 Å². The second kappa shape index (κ2) is 3.55. The number of hydrogen-bond acceptors (Lipinski definition) is 2.